The SMILES string of the molecule is Cn1cc(CC(=O)N2CCc3ccccc3C2CO)cn1. The van der Waals surface area contributed by atoms with Crippen LogP contribution in [0, 0.1) is 0 Å². The Morgan fingerprint density at radius 2 is 2.24 bits per heavy atom. The second-order valence-electron chi connectivity index (χ2n) is 5.43. The summed E-state index contributed by atoms with van der Waals surface area (Å²) in [6.45, 7) is 0.608. The molecule has 2 heterocycles. The van der Waals surface area contributed by atoms with E-state index in [2.05, 4.69) is 11.2 Å². The Morgan fingerprint density at radius 3 is 2.95 bits per heavy atom. The number of hydrogen-bond donors (Lipinski definition) is 1. The van der Waals surface area contributed by atoms with E-state index in [1.165, 1.54) is 5.56 Å². The highest BCUT2D eigenvalue weighted by atomic mass is 16.3. The molecule has 0 radical (unpaired) electrons. The van der Waals surface area contributed by atoms with Crippen LogP contribution in [0.25, 0.3) is 0 Å². The van der Waals surface area contributed by atoms with Crippen LogP contribution in [0.5, 0.6) is 0 Å². The summed E-state index contributed by atoms with van der Waals surface area (Å²) in [5, 5.41) is 13.8. The van der Waals surface area contributed by atoms with Crippen molar-refractivity contribution in [2.75, 3.05) is 13.2 Å². The zero-order chi connectivity index (χ0) is 14.8. The number of aryl methyl sites for hydroxylation is 1. The van der Waals surface area contributed by atoms with Gasteiger partial charge >= 0.3 is 0 Å². The third-order valence-electron chi connectivity index (χ3n) is 4.02. The van der Waals surface area contributed by atoms with Crippen molar-refractivity contribution in [3.8, 4) is 0 Å². The molecule has 1 aromatic heterocycles. The first kappa shape index (κ1) is 13.8. The molecule has 0 saturated heterocycles. The van der Waals surface area contributed by atoms with Crippen molar-refractivity contribution in [3.63, 3.8) is 0 Å². The van der Waals surface area contributed by atoms with E-state index in [1.54, 1.807) is 15.8 Å². The van der Waals surface area contributed by atoms with Crippen molar-refractivity contribution in [2.24, 2.45) is 7.05 Å². The highest BCUT2D eigenvalue weighted by Gasteiger charge is 2.29. The summed E-state index contributed by atoms with van der Waals surface area (Å²) in [4.78, 5) is 14.3. The minimum Gasteiger partial charge on any atom is -0.394 e. The van der Waals surface area contributed by atoms with Crippen molar-refractivity contribution < 1.29 is 9.90 Å². The maximum absolute atomic E-state index is 12.5. The molecule has 1 N–H and O–H groups in total. The summed E-state index contributed by atoms with van der Waals surface area (Å²) in [6.07, 6.45) is 4.73. The van der Waals surface area contributed by atoms with Gasteiger partial charge in [-0.1, -0.05) is 24.3 Å². The Hall–Kier alpha value is -2.14. The minimum atomic E-state index is -0.237. The first-order valence-corrected chi connectivity index (χ1v) is 7.14. The maximum atomic E-state index is 12.5. The molecule has 5 heteroatoms. The monoisotopic (exact) mass is 285 g/mol. The van der Waals surface area contributed by atoms with Gasteiger partial charge in [-0.2, -0.15) is 5.10 Å². The van der Waals surface area contributed by atoms with E-state index in [-0.39, 0.29) is 18.6 Å². The number of aromatic nitrogens is 2. The summed E-state index contributed by atoms with van der Waals surface area (Å²) in [7, 11) is 1.83. The van der Waals surface area contributed by atoms with Gasteiger partial charge in [0, 0.05) is 19.8 Å². The largest absolute Gasteiger partial charge is 0.394 e. The van der Waals surface area contributed by atoms with Crippen molar-refractivity contribution in [1.82, 2.24) is 14.7 Å². The molecule has 1 aliphatic heterocycles. The van der Waals surface area contributed by atoms with Crippen LogP contribution in [-0.4, -0.2) is 38.8 Å². The number of carbonyl (C=O) groups is 1. The molecule has 110 valence electrons. The Kier molecular flexibility index (Phi) is 3.75. The topological polar surface area (TPSA) is 58.4 Å². The minimum absolute atomic E-state index is 0.0385. The molecule has 3 rings (SSSR count). The lowest BCUT2D eigenvalue weighted by atomic mass is 9.92. The average Bonchev–Trinajstić information content (AvgIpc) is 2.91. The van der Waals surface area contributed by atoms with E-state index in [4.69, 9.17) is 0 Å². The van der Waals surface area contributed by atoms with Gasteiger partial charge in [0.2, 0.25) is 5.91 Å². The Bertz CT molecular complexity index is 650. The van der Waals surface area contributed by atoms with Crippen LogP contribution in [0.15, 0.2) is 36.7 Å². The molecule has 2 aromatic rings. The van der Waals surface area contributed by atoms with Crippen molar-refractivity contribution >= 4 is 5.91 Å². The number of fused-ring (bicyclic) bond motifs is 1. The highest BCUT2D eigenvalue weighted by Crippen LogP contribution is 2.29. The van der Waals surface area contributed by atoms with Crippen LogP contribution in [0.1, 0.15) is 22.7 Å². The molecule has 0 bridgehead atoms. The van der Waals surface area contributed by atoms with Gasteiger partial charge in [0.1, 0.15) is 0 Å². The molecule has 0 saturated carbocycles. The van der Waals surface area contributed by atoms with Crippen LogP contribution < -0.4 is 0 Å². The van der Waals surface area contributed by atoms with Crippen molar-refractivity contribution in [3.05, 3.63) is 53.3 Å². The van der Waals surface area contributed by atoms with E-state index >= 15 is 0 Å². The summed E-state index contributed by atoms with van der Waals surface area (Å²) < 4.78 is 1.69. The quantitative estimate of drug-likeness (QED) is 0.918. The Labute approximate surface area is 123 Å². The first-order chi connectivity index (χ1) is 10.2. The lowest BCUT2D eigenvalue weighted by Crippen LogP contribution is -2.42. The van der Waals surface area contributed by atoms with Gasteiger partial charge in [-0.05, 0) is 23.1 Å². The fourth-order valence-electron chi connectivity index (χ4n) is 2.99. The standard InChI is InChI=1S/C16H19N3O2/c1-18-10-12(9-17-18)8-16(21)19-7-6-13-4-2-3-5-14(13)15(19)11-20/h2-5,9-10,15,20H,6-8,11H2,1H3. The third kappa shape index (κ3) is 2.69. The van der Waals surface area contributed by atoms with Crippen LogP contribution in [0.4, 0.5) is 0 Å². The van der Waals surface area contributed by atoms with Gasteiger partial charge in [-0.25, -0.2) is 0 Å². The molecule has 1 aliphatic rings. The number of benzene rings is 1. The molecule has 1 amide bonds. The van der Waals surface area contributed by atoms with E-state index in [9.17, 15) is 9.90 Å². The van der Waals surface area contributed by atoms with E-state index in [0.717, 1.165) is 17.5 Å². The molecule has 0 aliphatic carbocycles. The fourth-order valence-corrected chi connectivity index (χ4v) is 2.99. The number of aliphatic hydroxyl groups is 1. The number of amides is 1. The average molecular weight is 285 g/mol. The number of hydrogen-bond acceptors (Lipinski definition) is 3. The zero-order valence-corrected chi connectivity index (χ0v) is 12.1. The molecular formula is C16H19N3O2. The second kappa shape index (κ2) is 5.69. The molecule has 21 heavy (non-hydrogen) atoms. The summed E-state index contributed by atoms with van der Waals surface area (Å²) in [6, 6.07) is 7.79. The number of rotatable bonds is 3. The van der Waals surface area contributed by atoms with Gasteiger partial charge in [0.25, 0.3) is 0 Å². The second-order valence-corrected chi connectivity index (χ2v) is 5.43. The molecule has 0 fully saturated rings. The first-order valence-electron chi connectivity index (χ1n) is 7.14. The van der Waals surface area contributed by atoms with E-state index in [1.807, 2.05) is 31.4 Å². The van der Waals surface area contributed by atoms with Gasteiger partial charge in [-0.15, -0.1) is 0 Å². The summed E-state index contributed by atoms with van der Waals surface area (Å²) >= 11 is 0. The van der Waals surface area contributed by atoms with Gasteiger partial charge in [0.05, 0.1) is 25.3 Å². The van der Waals surface area contributed by atoms with Crippen molar-refractivity contribution in [2.45, 2.75) is 18.9 Å². The Balaban J connectivity index is 1.80. The van der Waals surface area contributed by atoms with E-state index < -0.39 is 0 Å². The molecule has 0 spiro atoms. The van der Waals surface area contributed by atoms with Crippen LogP contribution >= 0.6 is 0 Å². The number of carbonyl (C=O) groups excluding carboxylic acids is 1. The number of aliphatic hydroxyl groups excluding tert-OH is 1. The molecule has 1 aromatic carbocycles. The van der Waals surface area contributed by atoms with Gasteiger partial charge in [-0.3, -0.25) is 9.48 Å². The van der Waals surface area contributed by atoms with E-state index in [0.29, 0.717) is 13.0 Å². The maximum Gasteiger partial charge on any atom is 0.227 e. The number of nitrogens with zero attached hydrogens (tertiary/aromatic N) is 3. The predicted molar refractivity (Wildman–Crippen MR) is 78.6 cm³/mol. The van der Waals surface area contributed by atoms with Crippen LogP contribution in [-0.2, 0) is 24.7 Å². The highest BCUT2D eigenvalue weighted by molar-refractivity contribution is 5.79. The molecule has 1 unspecified atom stereocenters. The lowest BCUT2D eigenvalue weighted by Gasteiger charge is -2.36. The van der Waals surface area contributed by atoms with Crippen molar-refractivity contribution in [1.29, 1.82) is 0 Å². The molecule has 1 atom stereocenters. The normalized spacial score (nSPS) is 17.6. The van der Waals surface area contributed by atoms with Crippen LogP contribution in [0.2, 0.25) is 0 Å². The smallest absolute Gasteiger partial charge is 0.227 e. The molecule has 5 nitrogen and oxygen atoms in total. The predicted octanol–water partition coefficient (Wildman–Crippen LogP) is 1.08. The molecular weight excluding hydrogens is 266 g/mol. The Morgan fingerprint density at radius 1 is 1.43 bits per heavy atom. The summed E-state index contributed by atoms with van der Waals surface area (Å²) in [5.41, 5.74) is 3.19. The third-order valence-corrected chi connectivity index (χ3v) is 4.02. The zero-order valence-electron chi connectivity index (χ0n) is 12.1. The fraction of sp³-hybridized carbons (Fsp3) is 0.375. The van der Waals surface area contributed by atoms with Gasteiger partial charge < -0.3 is 10.0 Å². The van der Waals surface area contributed by atoms with Crippen LogP contribution in [0.3, 0.4) is 0 Å². The lowest BCUT2D eigenvalue weighted by molar-refractivity contribution is -0.134. The van der Waals surface area contributed by atoms with Gasteiger partial charge in [0.15, 0.2) is 0 Å². The summed E-state index contributed by atoms with van der Waals surface area (Å²) in [5.74, 6) is 0.0385.